The van der Waals surface area contributed by atoms with Crippen LogP contribution >= 0.6 is 11.3 Å². The standard InChI is InChI=1S/C47H28N4S/c1-47(2)39-9-5-3-7-31(39)33-15-16-34-32-8-4-6-10-40(32)51(46(34)45(33)47)30-14-20-44-38(24-30)37-23-29(13-19-43(37)52-44)50-41-17-11-27(25-48)21-35(41)36-22-28(26-49)12-18-42(36)50/h3-24H,1-2H3. The molecule has 52 heavy (non-hydrogen) atoms. The number of hydrogen-bond donors (Lipinski definition) is 0. The van der Waals surface area contributed by atoms with Crippen LogP contribution in [0.5, 0.6) is 0 Å². The zero-order valence-electron chi connectivity index (χ0n) is 28.4. The number of benzene rings is 7. The van der Waals surface area contributed by atoms with Crippen LogP contribution in [-0.2, 0) is 5.41 Å². The Morgan fingerprint density at radius 1 is 0.500 bits per heavy atom. The highest BCUT2D eigenvalue weighted by atomic mass is 32.1. The van der Waals surface area contributed by atoms with E-state index in [4.69, 9.17) is 0 Å². The maximum absolute atomic E-state index is 9.70. The molecule has 0 amide bonds. The summed E-state index contributed by atoms with van der Waals surface area (Å²) in [5, 5.41) is 26.3. The van der Waals surface area contributed by atoms with E-state index in [1.54, 1.807) is 0 Å². The summed E-state index contributed by atoms with van der Waals surface area (Å²) in [6.45, 7) is 4.74. The van der Waals surface area contributed by atoms with E-state index in [0.29, 0.717) is 11.1 Å². The Labute approximate surface area is 303 Å². The topological polar surface area (TPSA) is 57.4 Å². The molecule has 0 spiro atoms. The predicted octanol–water partition coefficient (Wildman–Crippen LogP) is 12.3. The monoisotopic (exact) mass is 680 g/mol. The van der Waals surface area contributed by atoms with Gasteiger partial charge in [0, 0.05) is 58.5 Å². The maximum atomic E-state index is 9.70. The average molecular weight is 681 g/mol. The molecule has 5 heteroatoms. The Morgan fingerprint density at radius 3 is 1.77 bits per heavy atom. The van der Waals surface area contributed by atoms with Crippen molar-refractivity contribution < 1.29 is 0 Å². The fraction of sp³-hybridized carbons (Fsp3) is 0.0638. The summed E-state index contributed by atoms with van der Waals surface area (Å²) >= 11 is 1.82. The number of rotatable bonds is 2. The lowest BCUT2D eigenvalue weighted by atomic mass is 9.81. The number of nitrogens with zero attached hydrogens (tertiary/aromatic N) is 4. The van der Waals surface area contributed by atoms with Gasteiger partial charge in [-0.25, -0.2) is 0 Å². The Bertz CT molecular complexity index is 3230. The van der Waals surface area contributed by atoms with Crippen LogP contribution in [0.3, 0.4) is 0 Å². The van der Waals surface area contributed by atoms with Gasteiger partial charge in [0.1, 0.15) is 0 Å². The Hall–Kier alpha value is -6.66. The summed E-state index contributed by atoms with van der Waals surface area (Å²) in [6.07, 6.45) is 0. The molecule has 3 aromatic heterocycles. The molecule has 0 unspecified atom stereocenters. The van der Waals surface area contributed by atoms with Crippen LogP contribution in [0.4, 0.5) is 0 Å². The summed E-state index contributed by atoms with van der Waals surface area (Å²) in [6, 6.07) is 52.2. The van der Waals surface area contributed by atoms with Crippen LogP contribution in [0.1, 0.15) is 36.1 Å². The van der Waals surface area contributed by atoms with E-state index in [-0.39, 0.29) is 5.41 Å². The van der Waals surface area contributed by atoms with Crippen LogP contribution in [0, 0.1) is 22.7 Å². The second-order valence-electron chi connectivity index (χ2n) is 14.4. The largest absolute Gasteiger partial charge is 0.309 e. The van der Waals surface area contributed by atoms with Crippen molar-refractivity contribution in [3.8, 4) is 34.6 Å². The summed E-state index contributed by atoms with van der Waals surface area (Å²) in [5.41, 5.74) is 13.1. The first-order valence-corrected chi connectivity index (χ1v) is 18.3. The fourth-order valence-electron chi connectivity index (χ4n) is 9.05. The van der Waals surface area contributed by atoms with Crippen molar-refractivity contribution in [2.75, 3.05) is 0 Å². The number of hydrogen-bond acceptors (Lipinski definition) is 3. The first-order valence-electron chi connectivity index (χ1n) is 17.5. The van der Waals surface area contributed by atoms with Crippen molar-refractivity contribution >= 4 is 75.1 Å². The Kier molecular flexibility index (Phi) is 5.71. The van der Waals surface area contributed by atoms with Crippen molar-refractivity contribution in [2.45, 2.75) is 19.3 Å². The summed E-state index contributed by atoms with van der Waals surface area (Å²) in [4.78, 5) is 0. The van der Waals surface area contributed by atoms with E-state index >= 15 is 0 Å². The minimum absolute atomic E-state index is 0.157. The first-order chi connectivity index (χ1) is 25.4. The molecule has 1 aliphatic carbocycles. The third-order valence-electron chi connectivity index (χ3n) is 11.3. The molecule has 11 rings (SSSR count). The highest BCUT2D eigenvalue weighted by Crippen LogP contribution is 2.53. The van der Waals surface area contributed by atoms with Crippen LogP contribution in [0.15, 0.2) is 133 Å². The SMILES string of the molecule is CC1(C)c2ccccc2-c2ccc3c4ccccc4n(-c4ccc5sc6ccc(-n7c8ccc(C#N)cc8c8cc(C#N)ccc87)cc6c5c4)c3c21. The number of para-hydroxylation sites is 1. The first kappa shape index (κ1) is 29.1. The summed E-state index contributed by atoms with van der Waals surface area (Å²) < 4.78 is 7.23. The number of aromatic nitrogens is 2. The zero-order chi connectivity index (χ0) is 34.9. The third kappa shape index (κ3) is 3.73. The molecule has 242 valence electrons. The second kappa shape index (κ2) is 10.2. The van der Waals surface area contributed by atoms with Gasteiger partial charge in [0.25, 0.3) is 0 Å². The highest BCUT2D eigenvalue weighted by Gasteiger charge is 2.38. The van der Waals surface area contributed by atoms with E-state index in [1.807, 2.05) is 47.7 Å². The van der Waals surface area contributed by atoms with Gasteiger partial charge < -0.3 is 9.13 Å². The molecule has 4 nitrogen and oxygen atoms in total. The second-order valence-corrected chi connectivity index (χ2v) is 15.5. The minimum atomic E-state index is -0.157. The molecule has 0 atom stereocenters. The number of fused-ring (bicyclic) bond motifs is 13. The Balaban J connectivity index is 1.18. The lowest BCUT2D eigenvalue weighted by Crippen LogP contribution is -2.16. The molecule has 0 N–H and O–H groups in total. The van der Waals surface area contributed by atoms with Gasteiger partial charge in [-0.2, -0.15) is 10.5 Å². The lowest BCUT2D eigenvalue weighted by molar-refractivity contribution is 0.664. The highest BCUT2D eigenvalue weighted by molar-refractivity contribution is 7.25. The summed E-state index contributed by atoms with van der Waals surface area (Å²) in [7, 11) is 0. The molecule has 0 radical (unpaired) electrons. The van der Waals surface area contributed by atoms with Gasteiger partial charge in [0.15, 0.2) is 0 Å². The average Bonchev–Trinajstić information content (AvgIpc) is 3.89. The van der Waals surface area contributed by atoms with E-state index in [9.17, 15) is 10.5 Å². The van der Waals surface area contributed by atoms with Crippen molar-refractivity contribution in [3.63, 3.8) is 0 Å². The summed E-state index contributed by atoms with van der Waals surface area (Å²) in [5.74, 6) is 0. The van der Waals surface area contributed by atoms with E-state index in [2.05, 4.69) is 132 Å². The quantitative estimate of drug-likeness (QED) is 0.182. The smallest absolute Gasteiger partial charge is 0.0991 e. The van der Waals surface area contributed by atoms with Crippen LogP contribution in [-0.4, -0.2) is 9.13 Å². The zero-order valence-corrected chi connectivity index (χ0v) is 29.2. The molecule has 0 saturated heterocycles. The molecule has 0 saturated carbocycles. The van der Waals surface area contributed by atoms with Gasteiger partial charge in [0.2, 0.25) is 0 Å². The van der Waals surface area contributed by atoms with Crippen molar-refractivity contribution in [2.24, 2.45) is 0 Å². The van der Waals surface area contributed by atoms with E-state index in [1.165, 1.54) is 64.2 Å². The van der Waals surface area contributed by atoms with Crippen LogP contribution in [0.25, 0.3) is 86.3 Å². The predicted molar refractivity (Wildman–Crippen MR) is 215 cm³/mol. The number of thiophene rings is 1. The van der Waals surface area contributed by atoms with Gasteiger partial charge in [-0.15, -0.1) is 11.3 Å². The Morgan fingerprint density at radius 2 is 1.10 bits per heavy atom. The van der Waals surface area contributed by atoms with Crippen LogP contribution in [0.2, 0.25) is 0 Å². The van der Waals surface area contributed by atoms with Gasteiger partial charge in [-0.05, 0) is 101 Å². The van der Waals surface area contributed by atoms with E-state index in [0.717, 1.165) is 33.2 Å². The van der Waals surface area contributed by atoms with Gasteiger partial charge in [-0.3, -0.25) is 0 Å². The normalized spacial score (nSPS) is 13.3. The number of nitriles is 2. The lowest BCUT2D eigenvalue weighted by Gasteiger charge is -2.23. The maximum Gasteiger partial charge on any atom is 0.0991 e. The molecule has 0 aliphatic heterocycles. The minimum Gasteiger partial charge on any atom is -0.309 e. The van der Waals surface area contributed by atoms with Crippen molar-refractivity contribution in [1.29, 1.82) is 10.5 Å². The molecule has 10 aromatic rings. The van der Waals surface area contributed by atoms with Crippen molar-refractivity contribution in [3.05, 3.63) is 156 Å². The van der Waals surface area contributed by atoms with Gasteiger partial charge in [-0.1, -0.05) is 68.4 Å². The third-order valence-corrected chi connectivity index (χ3v) is 12.5. The molecular weight excluding hydrogens is 653 g/mol. The molecule has 1 aliphatic rings. The fourth-order valence-corrected chi connectivity index (χ4v) is 10.1. The molecule has 7 aromatic carbocycles. The van der Waals surface area contributed by atoms with E-state index < -0.39 is 0 Å². The van der Waals surface area contributed by atoms with Gasteiger partial charge in [0.05, 0.1) is 45.3 Å². The molecule has 0 fully saturated rings. The molecule has 3 heterocycles. The molecule has 0 bridgehead atoms. The van der Waals surface area contributed by atoms with Crippen LogP contribution < -0.4 is 0 Å². The van der Waals surface area contributed by atoms with Crippen molar-refractivity contribution in [1.82, 2.24) is 9.13 Å². The molecular formula is C47H28N4S. The van der Waals surface area contributed by atoms with Gasteiger partial charge >= 0.3 is 0 Å².